The number of carbonyl (C=O) groups is 1. The number of anilines is 2. The lowest BCUT2D eigenvalue weighted by Gasteiger charge is -2.28. The molecule has 0 aliphatic rings. The number of carboxylic acid groups (broad SMARTS) is 1. The zero-order valence-corrected chi connectivity index (χ0v) is 11.7. The molecule has 1 atom stereocenters. The van der Waals surface area contributed by atoms with Gasteiger partial charge in [-0.2, -0.15) is 0 Å². The van der Waals surface area contributed by atoms with E-state index in [1.807, 2.05) is 54.5 Å². The van der Waals surface area contributed by atoms with Gasteiger partial charge in [0.25, 0.3) is 0 Å². The van der Waals surface area contributed by atoms with Crippen LogP contribution in [0.2, 0.25) is 0 Å². The van der Waals surface area contributed by atoms with Gasteiger partial charge in [0.15, 0.2) is 5.13 Å². The minimum atomic E-state index is -0.804. The first-order valence-corrected chi connectivity index (χ1v) is 6.94. The molecule has 1 heterocycles. The molecular weight excluding hydrogens is 260 g/mol. The van der Waals surface area contributed by atoms with Crippen molar-refractivity contribution in [3.8, 4) is 0 Å². The van der Waals surface area contributed by atoms with Crippen molar-refractivity contribution >= 4 is 28.1 Å². The molecule has 0 amide bonds. The minimum Gasteiger partial charge on any atom is -0.481 e. The smallest absolute Gasteiger partial charge is 0.305 e. The standard InChI is InChI=1S/C14H16N2O2S/c1-10-9-19-14(15-10)16(11(2)8-13(17)18)12-6-4-3-5-7-12/h3-7,9,11H,8H2,1-2H3,(H,17,18). The summed E-state index contributed by atoms with van der Waals surface area (Å²) in [4.78, 5) is 17.4. The van der Waals surface area contributed by atoms with Gasteiger partial charge < -0.3 is 10.0 Å². The molecule has 100 valence electrons. The Hall–Kier alpha value is -1.88. The molecule has 2 rings (SSSR count). The summed E-state index contributed by atoms with van der Waals surface area (Å²) in [5.74, 6) is -0.804. The van der Waals surface area contributed by atoms with Crippen LogP contribution < -0.4 is 4.90 Å². The van der Waals surface area contributed by atoms with Gasteiger partial charge in [-0.05, 0) is 26.0 Å². The fourth-order valence-corrected chi connectivity index (χ4v) is 2.86. The van der Waals surface area contributed by atoms with Crippen LogP contribution >= 0.6 is 11.3 Å². The normalized spacial score (nSPS) is 12.1. The molecule has 0 saturated carbocycles. The van der Waals surface area contributed by atoms with E-state index in [-0.39, 0.29) is 12.5 Å². The number of rotatable bonds is 5. The molecule has 2 aromatic rings. The second-order valence-corrected chi connectivity index (χ2v) is 5.26. The van der Waals surface area contributed by atoms with Crippen molar-refractivity contribution in [2.75, 3.05) is 4.90 Å². The molecule has 4 nitrogen and oxygen atoms in total. The third kappa shape index (κ3) is 3.32. The topological polar surface area (TPSA) is 53.4 Å². The number of benzene rings is 1. The Kier molecular flexibility index (Phi) is 4.16. The molecule has 1 N–H and O–H groups in total. The third-order valence-corrected chi connectivity index (χ3v) is 3.72. The monoisotopic (exact) mass is 276 g/mol. The van der Waals surface area contributed by atoms with E-state index in [0.717, 1.165) is 16.5 Å². The van der Waals surface area contributed by atoms with Crippen LogP contribution in [-0.2, 0) is 4.79 Å². The maximum atomic E-state index is 10.9. The van der Waals surface area contributed by atoms with Crippen molar-refractivity contribution < 1.29 is 9.90 Å². The molecule has 0 radical (unpaired) electrons. The zero-order valence-electron chi connectivity index (χ0n) is 10.9. The SMILES string of the molecule is Cc1csc(N(c2ccccc2)C(C)CC(=O)O)n1. The van der Waals surface area contributed by atoms with Crippen LogP contribution in [0, 0.1) is 6.92 Å². The van der Waals surface area contributed by atoms with Crippen LogP contribution in [0.15, 0.2) is 35.7 Å². The van der Waals surface area contributed by atoms with E-state index in [0.29, 0.717) is 0 Å². The first-order chi connectivity index (χ1) is 9.08. The Morgan fingerprint density at radius 3 is 2.63 bits per heavy atom. The Morgan fingerprint density at radius 2 is 2.11 bits per heavy atom. The lowest BCUT2D eigenvalue weighted by molar-refractivity contribution is -0.137. The van der Waals surface area contributed by atoms with Crippen molar-refractivity contribution in [2.45, 2.75) is 26.3 Å². The highest BCUT2D eigenvalue weighted by Gasteiger charge is 2.21. The van der Waals surface area contributed by atoms with E-state index in [4.69, 9.17) is 5.11 Å². The molecule has 1 aromatic carbocycles. The summed E-state index contributed by atoms with van der Waals surface area (Å²) >= 11 is 1.53. The van der Waals surface area contributed by atoms with E-state index in [9.17, 15) is 4.79 Å². The number of aryl methyl sites for hydroxylation is 1. The molecule has 19 heavy (non-hydrogen) atoms. The number of aliphatic carboxylic acids is 1. The van der Waals surface area contributed by atoms with Gasteiger partial charge in [-0.15, -0.1) is 11.3 Å². The van der Waals surface area contributed by atoms with Crippen molar-refractivity contribution in [1.82, 2.24) is 4.98 Å². The lowest BCUT2D eigenvalue weighted by atomic mass is 10.2. The molecule has 0 saturated heterocycles. The molecule has 0 fully saturated rings. The Morgan fingerprint density at radius 1 is 1.42 bits per heavy atom. The van der Waals surface area contributed by atoms with Crippen LogP contribution in [-0.4, -0.2) is 22.1 Å². The average molecular weight is 276 g/mol. The summed E-state index contributed by atoms with van der Waals surface area (Å²) in [6, 6.07) is 9.61. The van der Waals surface area contributed by atoms with Crippen LogP contribution in [0.5, 0.6) is 0 Å². The second-order valence-electron chi connectivity index (χ2n) is 4.42. The highest BCUT2D eigenvalue weighted by molar-refractivity contribution is 7.13. The van der Waals surface area contributed by atoms with Gasteiger partial charge in [-0.1, -0.05) is 18.2 Å². The summed E-state index contributed by atoms with van der Waals surface area (Å²) in [6.07, 6.45) is 0.0769. The Balaban J connectivity index is 2.36. The highest BCUT2D eigenvalue weighted by atomic mass is 32.1. The molecular formula is C14H16N2O2S. The van der Waals surface area contributed by atoms with E-state index < -0.39 is 5.97 Å². The molecule has 0 bridgehead atoms. The first-order valence-electron chi connectivity index (χ1n) is 6.06. The largest absolute Gasteiger partial charge is 0.481 e. The van der Waals surface area contributed by atoms with Crippen LogP contribution in [0.3, 0.4) is 0 Å². The van der Waals surface area contributed by atoms with Crippen molar-refractivity contribution in [3.05, 3.63) is 41.4 Å². The summed E-state index contributed by atoms with van der Waals surface area (Å²) in [6.45, 7) is 3.84. The maximum absolute atomic E-state index is 10.9. The van der Waals surface area contributed by atoms with Gasteiger partial charge in [0.2, 0.25) is 0 Å². The van der Waals surface area contributed by atoms with Crippen molar-refractivity contribution in [1.29, 1.82) is 0 Å². The highest BCUT2D eigenvalue weighted by Crippen LogP contribution is 2.31. The van der Waals surface area contributed by atoms with Crippen LogP contribution in [0.1, 0.15) is 19.0 Å². The summed E-state index contributed by atoms with van der Waals surface area (Å²) in [5, 5.41) is 11.8. The predicted octanol–water partition coefficient (Wildman–Crippen LogP) is 3.45. The van der Waals surface area contributed by atoms with Crippen molar-refractivity contribution in [2.24, 2.45) is 0 Å². The second kappa shape index (κ2) is 5.84. The fraction of sp³-hybridized carbons (Fsp3) is 0.286. The Labute approximate surface area is 116 Å². The molecule has 5 heteroatoms. The number of thiazole rings is 1. The van der Waals surface area contributed by atoms with E-state index in [1.165, 1.54) is 11.3 Å². The fourth-order valence-electron chi connectivity index (χ4n) is 1.94. The van der Waals surface area contributed by atoms with E-state index in [2.05, 4.69) is 4.98 Å². The molecule has 0 aliphatic carbocycles. The van der Waals surface area contributed by atoms with Crippen LogP contribution in [0.25, 0.3) is 0 Å². The molecule has 0 spiro atoms. The average Bonchev–Trinajstić information content (AvgIpc) is 2.76. The van der Waals surface area contributed by atoms with E-state index in [1.54, 1.807) is 0 Å². The number of aromatic nitrogens is 1. The number of hydrogen-bond donors (Lipinski definition) is 1. The quantitative estimate of drug-likeness (QED) is 0.908. The number of nitrogens with zero attached hydrogens (tertiary/aromatic N) is 2. The zero-order chi connectivity index (χ0) is 13.8. The van der Waals surface area contributed by atoms with Gasteiger partial charge >= 0.3 is 5.97 Å². The summed E-state index contributed by atoms with van der Waals surface area (Å²) in [5.41, 5.74) is 1.91. The first kappa shape index (κ1) is 13.5. The van der Waals surface area contributed by atoms with Gasteiger partial charge in [-0.25, -0.2) is 4.98 Å². The van der Waals surface area contributed by atoms with Gasteiger partial charge in [0.05, 0.1) is 12.1 Å². The number of carboxylic acids is 1. The van der Waals surface area contributed by atoms with E-state index >= 15 is 0 Å². The van der Waals surface area contributed by atoms with Gasteiger partial charge in [-0.3, -0.25) is 4.79 Å². The number of para-hydroxylation sites is 1. The summed E-state index contributed by atoms with van der Waals surface area (Å²) < 4.78 is 0. The van der Waals surface area contributed by atoms with Gasteiger partial charge in [0, 0.05) is 17.1 Å². The molecule has 0 aliphatic heterocycles. The van der Waals surface area contributed by atoms with Crippen LogP contribution in [0.4, 0.5) is 10.8 Å². The Bertz CT molecular complexity index is 554. The summed E-state index contributed by atoms with van der Waals surface area (Å²) in [7, 11) is 0. The molecule has 1 aromatic heterocycles. The molecule has 1 unspecified atom stereocenters. The predicted molar refractivity (Wildman–Crippen MR) is 77.1 cm³/mol. The number of hydrogen-bond acceptors (Lipinski definition) is 4. The van der Waals surface area contributed by atoms with Crippen molar-refractivity contribution in [3.63, 3.8) is 0 Å². The lowest BCUT2D eigenvalue weighted by Crippen LogP contribution is -2.30. The maximum Gasteiger partial charge on any atom is 0.305 e. The minimum absolute atomic E-state index is 0.0769. The third-order valence-electron chi connectivity index (χ3n) is 2.76. The van der Waals surface area contributed by atoms with Gasteiger partial charge in [0.1, 0.15) is 0 Å².